The van der Waals surface area contributed by atoms with Crippen LogP contribution < -0.4 is 5.32 Å². The summed E-state index contributed by atoms with van der Waals surface area (Å²) in [4.78, 5) is 23.9. The van der Waals surface area contributed by atoms with Gasteiger partial charge in [0.25, 0.3) is 5.91 Å². The summed E-state index contributed by atoms with van der Waals surface area (Å²) in [6.07, 6.45) is -0.965. The van der Waals surface area contributed by atoms with Crippen molar-refractivity contribution in [1.29, 1.82) is 0 Å². The Morgan fingerprint density at radius 2 is 1.96 bits per heavy atom. The number of benzene rings is 2. The molecule has 2 N–H and O–H groups in total. The number of carbonyl (C=O) groups is 2. The van der Waals surface area contributed by atoms with Crippen LogP contribution in [0.15, 0.2) is 48.5 Å². The Morgan fingerprint density at radius 1 is 1.22 bits per heavy atom. The molecule has 0 radical (unpaired) electrons. The Balaban J connectivity index is 1.90. The van der Waals surface area contributed by atoms with Crippen molar-refractivity contribution in [2.24, 2.45) is 0 Å². The molecule has 6 heteroatoms. The fraction of sp³-hybridized carbons (Fsp3) is 0.176. The van der Waals surface area contributed by atoms with E-state index < -0.39 is 18.0 Å². The van der Waals surface area contributed by atoms with Crippen molar-refractivity contribution in [3.63, 3.8) is 0 Å². The van der Waals surface area contributed by atoms with E-state index >= 15 is 0 Å². The fourth-order valence-electron chi connectivity index (χ4n) is 1.88. The SMILES string of the molecule is CC(OC(=O)c1cccc(O)c1)C(=O)NCc1ccccc1Cl. The second-order valence-electron chi connectivity index (χ2n) is 4.91. The van der Waals surface area contributed by atoms with Gasteiger partial charge in [-0.15, -0.1) is 0 Å². The molecule has 2 aromatic rings. The van der Waals surface area contributed by atoms with E-state index in [9.17, 15) is 14.7 Å². The predicted octanol–water partition coefficient (Wildman–Crippen LogP) is 2.91. The van der Waals surface area contributed by atoms with Crippen LogP contribution in [0.3, 0.4) is 0 Å². The number of ether oxygens (including phenoxy) is 1. The third-order valence-corrected chi connectivity index (χ3v) is 3.51. The van der Waals surface area contributed by atoms with Crippen LogP contribution in [0.25, 0.3) is 0 Å². The minimum Gasteiger partial charge on any atom is -0.508 e. The van der Waals surface area contributed by atoms with Crippen molar-refractivity contribution >= 4 is 23.5 Å². The molecule has 0 saturated heterocycles. The number of hydrogen-bond acceptors (Lipinski definition) is 4. The number of amides is 1. The van der Waals surface area contributed by atoms with Gasteiger partial charge in [0, 0.05) is 11.6 Å². The highest BCUT2D eigenvalue weighted by Crippen LogP contribution is 2.15. The molecular formula is C17H16ClNO4. The van der Waals surface area contributed by atoms with Gasteiger partial charge in [-0.25, -0.2) is 4.79 Å². The minimum atomic E-state index is -0.965. The zero-order chi connectivity index (χ0) is 16.8. The number of phenols is 1. The molecule has 2 rings (SSSR count). The minimum absolute atomic E-state index is 0.0460. The molecule has 23 heavy (non-hydrogen) atoms. The molecule has 2 aromatic carbocycles. The molecule has 0 bridgehead atoms. The van der Waals surface area contributed by atoms with E-state index in [0.29, 0.717) is 5.02 Å². The van der Waals surface area contributed by atoms with Gasteiger partial charge in [-0.2, -0.15) is 0 Å². The summed E-state index contributed by atoms with van der Waals surface area (Å²) >= 11 is 6.01. The van der Waals surface area contributed by atoms with E-state index in [1.807, 2.05) is 6.07 Å². The van der Waals surface area contributed by atoms with Gasteiger partial charge < -0.3 is 15.2 Å². The number of aromatic hydroxyl groups is 1. The van der Waals surface area contributed by atoms with Crippen LogP contribution in [-0.4, -0.2) is 23.1 Å². The molecule has 120 valence electrons. The molecule has 1 amide bonds. The van der Waals surface area contributed by atoms with E-state index in [1.54, 1.807) is 18.2 Å². The van der Waals surface area contributed by atoms with E-state index in [-0.39, 0.29) is 17.9 Å². The summed E-state index contributed by atoms with van der Waals surface area (Å²) in [6.45, 7) is 1.72. The number of halogens is 1. The molecule has 0 aromatic heterocycles. The lowest BCUT2D eigenvalue weighted by atomic mass is 10.2. The quantitative estimate of drug-likeness (QED) is 0.825. The van der Waals surface area contributed by atoms with Crippen LogP contribution in [0.5, 0.6) is 5.75 Å². The molecule has 0 aliphatic rings. The standard InChI is InChI=1S/C17H16ClNO4/c1-11(23-17(22)12-6-4-7-14(20)9-12)16(21)19-10-13-5-2-3-8-15(13)18/h2-9,11,20H,10H2,1H3,(H,19,21). The maximum atomic E-state index is 12.0. The van der Waals surface area contributed by atoms with Gasteiger partial charge in [-0.3, -0.25) is 4.79 Å². The average Bonchev–Trinajstić information content (AvgIpc) is 2.53. The first-order valence-electron chi connectivity index (χ1n) is 6.98. The van der Waals surface area contributed by atoms with Gasteiger partial charge in [0.1, 0.15) is 5.75 Å². The van der Waals surface area contributed by atoms with Gasteiger partial charge in [-0.05, 0) is 36.8 Å². The summed E-state index contributed by atoms with van der Waals surface area (Å²) in [7, 11) is 0. The molecule has 0 aliphatic carbocycles. The van der Waals surface area contributed by atoms with Crippen LogP contribution >= 0.6 is 11.6 Å². The Morgan fingerprint density at radius 3 is 2.65 bits per heavy atom. The van der Waals surface area contributed by atoms with Crippen molar-refractivity contribution < 1.29 is 19.4 Å². The highest BCUT2D eigenvalue weighted by atomic mass is 35.5. The maximum Gasteiger partial charge on any atom is 0.339 e. The van der Waals surface area contributed by atoms with Crippen LogP contribution in [-0.2, 0) is 16.1 Å². The van der Waals surface area contributed by atoms with Crippen molar-refractivity contribution in [2.75, 3.05) is 0 Å². The highest BCUT2D eigenvalue weighted by Gasteiger charge is 2.19. The molecule has 1 atom stereocenters. The second-order valence-corrected chi connectivity index (χ2v) is 5.31. The normalized spacial score (nSPS) is 11.6. The summed E-state index contributed by atoms with van der Waals surface area (Å²) in [5.74, 6) is -1.16. The Kier molecular flexibility index (Phi) is 5.60. The molecule has 0 fully saturated rings. The third kappa shape index (κ3) is 4.72. The van der Waals surface area contributed by atoms with Crippen LogP contribution in [0.4, 0.5) is 0 Å². The zero-order valence-corrected chi connectivity index (χ0v) is 13.2. The van der Waals surface area contributed by atoms with Crippen LogP contribution in [0, 0.1) is 0 Å². The number of hydrogen-bond donors (Lipinski definition) is 2. The van der Waals surface area contributed by atoms with Gasteiger partial charge in [0.15, 0.2) is 6.10 Å². The van der Waals surface area contributed by atoms with Crippen molar-refractivity contribution in [3.05, 3.63) is 64.7 Å². The van der Waals surface area contributed by atoms with Gasteiger partial charge >= 0.3 is 5.97 Å². The summed E-state index contributed by atoms with van der Waals surface area (Å²) in [5, 5.41) is 12.6. The molecule has 0 heterocycles. The largest absolute Gasteiger partial charge is 0.508 e. The number of rotatable bonds is 5. The first-order valence-corrected chi connectivity index (χ1v) is 7.36. The van der Waals surface area contributed by atoms with Gasteiger partial charge in [0.2, 0.25) is 0 Å². The lowest BCUT2D eigenvalue weighted by molar-refractivity contribution is -0.129. The summed E-state index contributed by atoms with van der Waals surface area (Å²) < 4.78 is 5.08. The Hall–Kier alpha value is -2.53. The summed E-state index contributed by atoms with van der Waals surface area (Å²) in [6, 6.07) is 12.9. The van der Waals surface area contributed by atoms with E-state index in [0.717, 1.165) is 5.56 Å². The van der Waals surface area contributed by atoms with Crippen LogP contribution in [0.1, 0.15) is 22.8 Å². The van der Waals surface area contributed by atoms with Crippen LogP contribution in [0.2, 0.25) is 5.02 Å². The number of phenolic OH excluding ortho intramolecular Hbond substituents is 1. The molecule has 0 saturated carbocycles. The smallest absolute Gasteiger partial charge is 0.339 e. The monoisotopic (exact) mass is 333 g/mol. The Bertz CT molecular complexity index is 717. The lowest BCUT2D eigenvalue weighted by Crippen LogP contribution is -2.35. The zero-order valence-electron chi connectivity index (χ0n) is 12.5. The molecule has 5 nitrogen and oxygen atoms in total. The van der Waals surface area contributed by atoms with Crippen molar-refractivity contribution in [1.82, 2.24) is 5.32 Å². The van der Waals surface area contributed by atoms with E-state index in [1.165, 1.54) is 31.2 Å². The molecular weight excluding hydrogens is 318 g/mol. The highest BCUT2D eigenvalue weighted by molar-refractivity contribution is 6.31. The molecule has 1 unspecified atom stereocenters. The first kappa shape index (κ1) is 16.8. The molecule has 0 aliphatic heterocycles. The Labute approximate surface area is 138 Å². The third-order valence-electron chi connectivity index (χ3n) is 3.15. The van der Waals surface area contributed by atoms with Crippen molar-refractivity contribution in [3.8, 4) is 5.75 Å². The topological polar surface area (TPSA) is 75.6 Å². The van der Waals surface area contributed by atoms with Gasteiger partial charge in [0.05, 0.1) is 5.56 Å². The fourth-order valence-corrected chi connectivity index (χ4v) is 2.09. The number of nitrogens with one attached hydrogen (secondary N) is 1. The second kappa shape index (κ2) is 7.65. The predicted molar refractivity (Wildman–Crippen MR) is 86.3 cm³/mol. The molecule has 0 spiro atoms. The number of carbonyl (C=O) groups excluding carboxylic acids is 2. The van der Waals surface area contributed by atoms with E-state index in [4.69, 9.17) is 16.3 Å². The first-order chi connectivity index (χ1) is 11.0. The average molecular weight is 334 g/mol. The van der Waals surface area contributed by atoms with Crippen molar-refractivity contribution in [2.45, 2.75) is 19.6 Å². The maximum absolute atomic E-state index is 12.0. The number of esters is 1. The lowest BCUT2D eigenvalue weighted by Gasteiger charge is -2.14. The van der Waals surface area contributed by atoms with E-state index in [2.05, 4.69) is 5.32 Å². The van der Waals surface area contributed by atoms with Gasteiger partial charge in [-0.1, -0.05) is 35.9 Å². The summed E-state index contributed by atoms with van der Waals surface area (Å²) in [5.41, 5.74) is 0.949.